The van der Waals surface area contributed by atoms with Gasteiger partial charge >= 0.3 is 0 Å². The molecule has 1 N–H and O–H groups in total. The van der Waals surface area contributed by atoms with Gasteiger partial charge in [0.1, 0.15) is 11.3 Å². The summed E-state index contributed by atoms with van der Waals surface area (Å²) in [6.45, 7) is 3.97. The highest BCUT2D eigenvalue weighted by molar-refractivity contribution is 6.31. The van der Waals surface area contributed by atoms with Gasteiger partial charge in [-0.15, -0.1) is 0 Å². The van der Waals surface area contributed by atoms with E-state index in [1.165, 1.54) is 6.08 Å². The van der Waals surface area contributed by atoms with E-state index in [1.54, 1.807) is 51.7 Å². The second-order valence-corrected chi connectivity index (χ2v) is 8.07. The molecule has 32 heavy (non-hydrogen) atoms. The average Bonchev–Trinajstić information content (AvgIpc) is 2.77. The summed E-state index contributed by atoms with van der Waals surface area (Å²) in [6, 6.07) is 5.29. The minimum Gasteiger partial charge on any atom is -0.497 e. The van der Waals surface area contributed by atoms with E-state index in [0.29, 0.717) is 40.0 Å². The molecule has 1 atom stereocenters. The molecule has 0 amide bonds. The van der Waals surface area contributed by atoms with Crippen LogP contribution >= 0.6 is 11.6 Å². The van der Waals surface area contributed by atoms with Crippen molar-refractivity contribution >= 4 is 34.3 Å². The van der Waals surface area contributed by atoms with Crippen LogP contribution in [0.1, 0.15) is 25.8 Å². The number of ether oxygens (including phenoxy) is 2. The number of methoxy groups -OCH3 is 1. The molecular formula is C23H23ClFN5O2. The normalized spacial score (nSPS) is 18.4. The standard InChI is InChI=1S/C23H23ClFN5O2/c1-14(2)32-23(25)5-4-15(19(11-23)16-8-17(24)10-18(9-16)31-3)12-28-22-29-13-20-21(30-22)27-7-6-26-20/h4,6-11,13-14H,5,12H2,1-3H3,(H,27,28,29,30). The second-order valence-electron chi connectivity index (χ2n) is 7.64. The molecule has 2 aromatic heterocycles. The Morgan fingerprint density at radius 3 is 2.78 bits per heavy atom. The van der Waals surface area contributed by atoms with Crippen molar-refractivity contribution < 1.29 is 13.9 Å². The largest absolute Gasteiger partial charge is 0.497 e. The SMILES string of the molecule is COc1cc(Cl)cc(C2=CC(F)(OC(C)C)CC=C2CNc2ncc3nccnc3n2)c1. The number of anilines is 1. The van der Waals surface area contributed by atoms with Gasteiger partial charge in [0, 0.05) is 30.4 Å². The van der Waals surface area contributed by atoms with Crippen molar-refractivity contribution in [2.24, 2.45) is 0 Å². The molecule has 7 nitrogen and oxygen atoms in total. The summed E-state index contributed by atoms with van der Waals surface area (Å²) < 4.78 is 26.4. The maximum absolute atomic E-state index is 15.5. The molecule has 0 fully saturated rings. The Bertz CT molecular complexity index is 1200. The fourth-order valence-electron chi connectivity index (χ4n) is 3.52. The summed E-state index contributed by atoms with van der Waals surface area (Å²) >= 11 is 6.28. The van der Waals surface area contributed by atoms with Gasteiger partial charge in [-0.2, -0.15) is 4.98 Å². The first-order chi connectivity index (χ1) is 15.3. The highest BCUT2D eigenvalue weighted by Crippen LogP contribution is 2.38. The molecule has 1 aromatic carbocycles. The van der Waals surface area contributed by atoms with Crippen molar-refractivity contribution in [3.05, 3.63) is 65.1 Å². The van der Waals surface area contributed by atoms with Crippen LogP contribution < -0.4 is 10.1 Å². The van der Waals surface area contributed by atoms with E-state index < -0.39 is 5.85 Å². The molecule has 2 heterocycles. The predicted molar refractivity (Wildman–Crippen MR) is 122 cm³/mol. The Morgan fingerprint density at radius 1 is 1.19 bits per heavy atom. The Kier molecular flexibility index (Phi) is 6.34. The third-order valence-electron chi connectivity index (χ3n) is 4.85. The van der Waals surface area contributed by atoms with E-state index in [0.717, 1.165) is 11.1 Å². The lowest BCUT2D eigenvalue weighted by Crippen LogP contribution is -2.30. The molecule has 1 aliphatic rings. The zero-order valence-corrected chi connectivity index (χ0v) is 18.7. The molecule has 1 unspecified atom stereocenters. The minimum atomic E-state index is -1.92. The number of benzene rings is 1. The molecular weight excluding hydrogens is 433 g/mol. The van der Waals surface area contributed by atoms with E-state index >= 15 is 4.39 Å². The highest BCUT2D eigenvalue weighted by Gasteiger charge is 2.33. The summed E-state index contributed by atoms with van der Waals surface area (Å²) in [7, 11) is 1.56. The van der Waals surface area contributed by atoms with Crippen LogP contribution in [0, 0.1) is 0 Å². The van der Waals surface area contributed by atoms with Gasteiger partial charge < -0.3 is 14.8 Å². The lowest BCUT2D eigenvalue weighted by Gasteiger charge is -2.30. The fourth-order valence-corrected chi connectivity index (χ4v) is 3.74. The number of aromatic nitrogens is 4. The molecule has 0 radical (unpaired) electrons. The smallest absolute Gasteiger partial charge is 0.233 e. The monoisotopic (exact) mass is 455 g/mol. The molecule has 1 aliphatic carbocycles. The predicted octanol–water partition coefficient (Wildman–Crippen LogP) is 5.00. The van der Waals surface area contributed by atoms with Crippen LogP contribution in [0.25, 0.3) is 16.7 Å². The van der Waals surface area contributed by atoms with Crippen LogP contribution in [-0.4, -0.2) is 45.5 Å². The van der Waals surface area contributed by atoms with Gasteiger partial charge in [0.05, 0.1) is 19.4 Å². The summed E-state index contributed by atoms with van der Waals surface area (Å²) in [5.74, 6) is -0.938. The number of halogens is 2. The van der Waals surface area contributed by atoms with Crippen molar-refractivity contribution in [1.29, 1.82) is 0 Å². The second kappa shape index (κ2) is 9.18. The molecule has 0 saturated heterocycles. The lowest BCUT2D eigenvalue weighted by molar-refractivity contribution is -0.132. The van der Waals surface area contributed by atoms with E-state index in [4.69, 9.17) is 21.1 Å². The van der Waals surface area contributed by atoms with Crippen molar-refractivity contribution in [2.75, 3.05) is 19.0 Å². The minimum absolute atomic E-state index is 0.0907. The third-order valence-corrected chi connectivity index (χ3v) is 5.06. The number of nitrogens with zero attached hydrogens (tertiary/aromatic N) is 4. The van der Waals surface area contributed by atoms with Crippen LogP contribution in [0.5, 0.6) is 5.75 Å². The zero-order valence-electron chi connectivity index (χ0n) is 18.0. The number of alkyl halides is 1. The average molecular weight is 456 g/mol. The van der Waals surface area contributed by atoms with Crippen molar-refractivity contribution in [2.45, 2.75) is 32.2 Å². The van der Waals surface area contributed by atoms with Gasteiger partial charge in [0.25, 0.3) is 0 Å². The number of rotatable bonds is 7. The van der Waals surface area contributed by atoms with Crippen LogP contribution in [0.4, 0.5) is 10.3 Å². The molecule has 0 bridgehead atoms. The first-order valence-electron chi connectivity index (χ1n) is 10.2. The summed E-state index contributed by atoms with van der Waals surface area (Å²) in [6.07, 6.45) is 7.91. The Balaban J connectivity index is 1.64. The van der Waals surface area contributed by atoms with Crippen LogP contribution in [0.15, 0.2) is 54.5 Å². The molecule has 0 aliphatic heterocycles. The van der Waals surface area contributed by atoms with Gasteiger partial charge in [-0.25, -0.2) is 19.3 Å². The van der Waals surface area contributed by atoms with Gasteiger partial charge in [0.2, 0.25) is 11.8 Å². The summed E-state index contributed by atoms with van der Waals surface area (Å²) in [5, 5.41) is 3.68. The molecule has 0 saturated carbocycles. The molecule has 4 rings (SSSR count). The highest BCUT2D eigenvalue weighted by atomic mass is 35.5. The van der Waals surface area contributed by atoms with Gasteiger partial charge in [-0.3, -0.25) is 0 Å². The Labute approximate surface area is 190 Å². The maximum Gasteiger partial charge on any atom is 0.233 e. The van der Waals surface area contributed by atoms with E-state index in [2.05, 4.69) is 25.3 Å². The van der Waals surface area contributed by atoms with Gasteiger partial charge in [-0.1, -0.05) is 17.7 Å². The quantitative estimate of drug-likeness (QED) is 0.536. The molecule has 0 spiro atoms. The number of hydrogen-bond donors (Lipinski definition) is 1. The van der Waals surface area contributed by atoms with Crippen LogP contribution in [0.2, 0.25) is 5.02 Å². The molecule has 9 heteroatoms. The Hall–Kier alpha value is -3.10. The van der Waals surface area contributed by atoms with Gasteiger partial charge in [0.15, 0.2) is 5.65 Å². The number of fused-ring (bicyclic) bond motifs is 1. The molecule has 166 valence electrons. The van der Waals surface area contributed by atoms with Crippen molar-refractivity contribution in [1.82, 2.24) is 19.9 Å². The van der Waals surface area contributed by atoms with Crippen molar-refractivity contribution in [3.63, 3.8) is 0 Å². The van der Waals surface area contributed by atoms with Crippen LogP contribution in [0.3, 0.4) is 0 Å². The molecule has 3 aromatic rings. The van der Waals surface area contributed by atoms with Crippen molar-refractivity contribution in [3.8, 4) is 5.75 Å². The Morgan fingerprint density at radius 2 is 2.00 bits per heavy atom. The van der Waals surface area contributed by atoms with Crippen LogP contribution in [-0.2, 0) is 4.74 Å². The zero-order chi connectivity index (χ0) is 22.7. The van der Waals surface area contributed by atoms with E-state index in [9.17, 15) is 0 Å². The number of nitrogens with one attached hydrogen (secondary N) is 1. The topological polar surface area (TPSA) is 82.0 Å². The van der Waals surface area contributed by atoms with Gasteiger partial charge in [-0.05, 0) is 54.8 Å². The summed E-state index contributed by atoms with van der Waals surface area (Å²) in [4.78, 5) is 17.0. The first kappa shape index (κ1) is 22.1. The van der Waals surface area contributed by atoms with E-state index in [1.807, 2.05) is 12.1 Å². The lowest BCUT2D eigenvalue weighted by atomic mass is 9.89. The maximum atomic E-state index is 15.5. The third kappa shape index (κ3) is 5.03. The number of hydrogen-bond acceptors (Lipinski definition) is 7. The first-order valence-corrected chi connectivity index (χ1v) is 10.5. The van der Waals surface area contributed by atoms with E-state index in [-0.39, 0.29) is 12.5 Å². The summed E-state index contributed by atoms with van der Waals surface area (Å²) in [5.41, 5.74) is 3.34. The fraction of sp³-hybridized carbons (Fsp3) is 0.304.